The molecule has 8 nitrogen and oxygen atoms in total. The number of fused-ring (bicyclic) bond motifs is 1. The van der Waals surface area contributed by atoms with E-state index in [1.807, 2.05) is 26.0 Å². The maximum atomic E-state index is 14.7. The highest BCUT2D eigenvalue weighted by atomic mass is 19.1. The minimum Gasteiger partial charge on any atom is -0.396 e. The molecule has 1 saturated heterocycles. The first-order valence-corrected chi connectivity index (χ1v) is 10.4. The van der Waals surface area contributed by atoms with Crippen LogP contribution in [0, 0.1) is 5.82 Å². The van der Waals surface area contributed by atoms with Crippen molar-refractivity contribution in [1.29, 1.82) is 0 Å². The Hall–Kier alpha value is -2.65. The first-order chi connectivity index (χ1) is 14.4. The van der Waals surface area contributed by atoms with E-state index >= 15 is 0 Å². The van der Waals surface area contributed by atoms with Gasteiger partial charge in [0.15, 0.2) is 11.5 Å². The highest BCUT2D eigenvalue weighted by molar-refractivity contribution is 5.84. The SMILES string of the molecule is CN(C)CCCN(C)c1cc2[nH]c(-c3nn(C4CCCCO4)cc3N)nc2cc1F. The van der Waals surface area contributed by atoms with Gasteiger partial charge in [0.1, 0.15) is 12.0 Å². The van der Waals surface area contributed by atoms with Crippen molar-refractivity contribution in [3.8, 4) is 11.5 Å². The van der Waals surface area contributed by atoms with Crippen LogP contribution in [0.1, 0.15) is 31.9 Å². The Bertz CT molecular complexity index is 1010. The number of H-pyrrole nitrogens is 1. The second kappa shape index (κ2) is 8.61. The van der Waals surface area contributed by atoms with Crippen molar-refractivity contribution in [2.24, 2.45) is 0 Å². The molecule has 2 aromatic heterocycles. The van der Waals surface area contributed by atoms with Gasteiger partial charge < -0.3 is 25.3 Å². The highest BCUT2D eigenvalue weighted by Crippen LogP contribution is 2.30. The van der Waals surface area contributed by atoms with Gasteiger partial charge in [0, 0.05) is 26.3 Å². The molecule has 162 valence electrons. The zero-order chi connectivity index (χ0) is 21.3. The predicted molar refractivity (Wildman–Crippen MR) is 117 cm³/mol. The molecule has 4 rings (SSSR count). The van der Waals surface area contributed by atoms with Gasteiger partial charge in [0.05, 0.1) is 28.6 Å². The third-order valence-electron chi connectivity index (χ3n) is 5.50. The van der Waals surface area contributed by atoms with Crippen LogP contribution in [-0.4, -0.2) is 65.5 Å². The quantitative estimate of drug-likeness (QED) is 0.616. The fraction of sp³-hybridized carbons (Fsp3) is 0.524. The maximum Gasteiger partial charge on any atom is 0.161 e. The van der Waals surface area contributed by atoms with Gasteiger partial charge in [-0.15, -0.1) is 0 Å². The first kappa shape index (κ1) is 20.6. The van der Waals surface area contributed by atoms with Crippen LogP contribution in [0.4, 0.5) is 15.8 Å². The standard InChI is InChI=1S/C21H30FN7O/c1-27(2)8-6-9-28(3)18-12-17-16(11-14(18)22)24-21(25-17)20-15(23)13-29(26-20)19-7-4-5-10-30-19/h11-13,19H,4-10,23H2,1-3H3,(H,24,25). The van der Waals surface area contributed by atoms with Crippen molar-refractivity contribution in [2.45, 2.75) is 31.9 Å². The smallest absolute Gasteiger partial charge is 0.161 e. The summed E-state index contributed by atoms with van der Waals surface area (Å²) >= 11 is 0. The summed E-state index contributed by atoms with van der Waals surface area (Å²) in [6, 6.07) is 3.26. The van der Waals surface area contributed by atoms with E-state index < -0.39 is 0 Å². The van der Waals surface area contributed by atoms with E-state index in [0.29, 0.717) is 28.4 Å². The van der Waals surface area contributed by atoms with Crippen LogP contribution in [-0.2, 0) is 4.74 Å². The number of aromatic nitrogens is 4. The Balaban J connectivity index is 1.58. The van der Waals surface area contributed by atoms with Crippen LogP contribution in [0.25, 0.3) is 22.6 Å². The highest BCUT2D eigenvalue weighted by Gasteiger charge is 2.21. The number of aromatic amines is 1. The molecule has 1 fully saturated rings. The van der Waals surface area contributed by atoms with Crippen LogP contribution in [0.3, 0.4) is 0 Å². The molecular formula is C21H30FN7O. The van der Waals surface area contributed by atoms with Gasteiger partial charge in [-0.25, -0.2) is 14.1 Å². The van der Waals surface area contributed by atoms with Crippen LogP contribution in [0.15, 0.2) is 18.3 Å². The largest absolute Gasteiger partial charge is 0.396 e. The van der Waals surface area contributed by atoms with Crippen LogP contribution >= 0.6 is 0 Å². The first-order valence-electron chi connectivity index (χ1n) is 10.4. The predicted octanol–water partition coefficient (Wildman–Crippen LogP) is 3.23. The van der Waals surface area contributed by atoms with E-state index in [2.05, 4.69) is 20.0 Å². The molecule has 1 aliphatic heterocycles. The molecule has 1 aromatic carbocycles. The number of imidazole rings is 1. The Morgan fingerprint density at radius 3 is 2.83 bits per heavy atom. The summed E-state index contributed by atoms with van der Waals surface area (Å²) in [7, 11) is 5.97. The Kier molecular flexibility index (Phi) is 5.92. The maximum absolute atomic E-state index is 14.7. The zero-order valence-electron chi connectivity index (χ0n) is 17.9. The fourth-order valence-electron chi connectivity index (χ4n) is 3.84. The second-order valence-electron chi connectivity index (χ2n) is 8.22. The monoisotopic (exact) mass is 415 g/mol. The molecule has 0 spiro atoms. The summed E-state index contributed by atoms with van der Waals surface area (Å²) in [6.07, 6.45) is 5.72. The molecule has 0 saturated carbocycles. The number of hydrogen-bond donors (Lipinski definition) is 2. The number of ether oxygens (including phenoxy) is 1. The van der Waals surface area contributed by atoms with Gasteiger partial charge in [0.2, 0.25) is 0 Å². The van der Waals surface area contributed by atoms with Crippen molar-refractivity contribution >= 4 is 22.4 Å². The Morgan fingerprint density at radius 2 is 2.10 bits per heavy atom. The van der Waals surface area contributed by atoms with Crippen molar-refractivity contribution in [3.63, 3.8) is 0 Å². The summed E-state index contributed by atoms with van der Waals surface area (Å²) in [6.45, 7) is 2.45. The molecule has 0 radical (unpaired) electrons. The third kappa shape index (κ3) is 4.27. The number of nitrogens with zero attached hydrogens (tertiary/aromatic N) is 5. The van der Waals surface area contributed by atoms with Crippen molar-refractivity contribution in [3.05, 3.63) is 24.1 Å². The lowest BCUT2D eigenvalue weighted by Gasteiger charge is -2.22. The number of nitrogens with two attached hydrogens (primary N) is 1. The van der Waals surface area contributed by atoms with E-state index in [-0.39, 0.29) is 12.0 Å². The Morgan fingerprint density at radius 1 is 1.27 bits per heavy atom. The number of halogens is 1. The third-order valence-corrected chi connectivity index (χ3v) is 5.50. The second-order valence-corrected chi connectivity index (χ2v) is 8.22. The number of nitrogen functional groups attached to an aromatic ring is 1. The average molecular weight is 416 g/mol. The lowest BCUT2D eigenvalue weighted by molar-refractivity contribution is -0.0393. The van der Waals surface area contributed by atoms with Gasteiger partial charge in [-0.05, 0) is 52.4 Å². The summed E-state index contributed by atoms with van der Waals surface area (Å²) in [4.78, 5) is 11.8. The summed E-state index contributed by atoms with van der Waals surface area (Å²) in [5, 5.41) is 4.60. The molecule has 1 unspecified atom stereocenters. The van der Waals surface area contributed by atoms with E-state index in [1.165, 1.54) is 6.07 Å². The molecule has 0 amide bonds. The number of hydrogen-bond acceptors (Lipinski definition) is 6. The summed E-state index contributed by atoms with van der Waals surface area (Å²) in [5.41, 5.74) is 9.13. The number of anilines is 2. The van der Waals surface area contributed by atoms with Crippen molar-refractivity contribution < 1.29 is 9.13 Å². The van der Waals surface area contributed by atoms with Crippen LogP contribution < -0.4 is 10.6 Å². The number of rotatable bonds is 7. The topological polar surface area (TPSA) is 88.2 Å². The van der Waals surface area contributed by atoms with Gasteiger partial charge in [0.25, 0.3) is 0 Å². The van der Waals surface area contributed by atoms with E-state index in [1.54, 1.807) is 16.9 Å². The van der Waals surface area contributed by atoms with Gasteiger partial charge in [-0.1, -0.05) is 0 Å². The molecular weight excluding hydrogens is 385 g/mol. The van der Waals surface area contributed by atoms with Crippen LogP contribution in [0.2, 0.25) is 0 Å². The Labute approximate surface area is 175 Å². The molecule has 1 atom stereocenters. The van der Waals surface area contributed by atoms with Crippen molar-refractivity contribution in [1.82, 2.24) is 24.6 Å². The average Bonchev–Trinajstić information content (AvgIpc) is 3.30. The normalized spacial score (nSPS) is 17.2. The van der Waals surface area contributed by atoms with E-state index in [0.717, 1.165) is 50.9 Å². The molecule has 3 heterocycles. The lowest BCUT2D eigenvalue weighted by atomic mass is 10.2. The molecule has 9 heteroatoms. The molecule has 3 aromatic rings. The van der Waals surface area contributed by atoms with Crippen LogP contribution in [0.5, 0.6) is 0 Å². The molecule has 3 N–H and O–H groups in total. The van der Waals surface area contributed by atoms with E-state index in [9.17, 15) is 4.39 Å². The fourth-order valence-corrected chi connectivity index (χ4v) is 3.84. The summed E-state index contributed by atoms with van der Waals surface area (Å²) < 4.78 is 22.3. The minimum atomic E-state index is -0.290. The van der Waals surface area contributed by atoms with Crippen molar-refractivity contribution in [2.75, 3.05) is 51.5 Å². The minimum absolute atomic E-state index is 0.0981. The van der Waals surface area contributed by atoms with Gasteiger partial charge >= 0.3 is 0 Å². The molecule has 0 bridgehead atoms. The number of benzene rings is 1. The molecule has 1 aliphatic rings. The lowest BCUT2D eigenvalue weighted by Crippen LogP contribution is -2.24. The van der Waals surface area contributed by atoms with Gasteiger partial charge in [-0.3, -0.25) is 0 Å². The molecule has 0 aliphatic carbocycles. The number of nitrogens with one attached hydrogen (secondary N) is 1. The van der Waals surface area contributed by atoms with E-state index in [4.69, 9.17) is 10.5 Å². The zero-order valence-corrected chi connectivity index (χ0v) is 17.9. The summed E-state index contributed by atoms with van der Waals surface area (Å²) in [5.74, 6) is 0.242. The van der Waals surface area contributed by atoms with Gasteiger partial charge in [-0.2, -0.15) is 5.10 Å². The molecule has 30 heavy (non-hydrogen) atoms.